The summed E-state index contributed by atoms with van der Waals surface area (Å²) in [6, 6.07) is 69.8. The first kappa shape index (κ1) is 31.5. The second kappa shape index (κ2) is 12.1. The van der Waals surface area contributed by atoms with Gasteiger partial charge in [-0.25, -0.2) is 4.98 Å². The third-order valence-corrected chi connectivity index (χ3v) is 11.8. The van der Waals surface area contributed by atoms with Crippen LogP contribution in [0.15, 0.2) is 188 Å². The Morgan fingerprint density at radius 2 is 0.807 bits per heavy atom. The Bertz CT molecular complexity index is 3490. The number of aromatic nitrogens is 2. The van der Waals surface area contributed by atoms with E-state index in [1.807, 2.05) is 24.3 Å². The molecule has 0 unspecified atom stereocenters. The van der Waals surface area contributed by atoms with Crippen molar-refractivity contribution in [3.05, 3.63) is 194 Å². The first-order valence-corrected chi connectivity index (χ1v) is 19.3. The predicted molar refractivity (Wildman–Crippen MR) is 237 cm³/mol. The molecule has 12 rings (SSSR count). The minimum atomic E-state index is 0.668. The molecule has 2 heterocycles. The molecule has 0 bridgehead atoms. The number of rotatable bonds is 5. The van der Waals surface area contributed by atoms with E-state index in [0.29, 0.717) is 5.56 Å². The van der Waals surface area contributed by atoms with E-state index >= 15 is 0 Å². The van der Waals surface area contributed by atoms with Gasteiger partial charge in [0.15, 0.2) is 0 Å². The van der Waals surface area contributed by atoms with Gasteiger partial charge in [-0.2, -0.15) is 5.26 Å². The molecule has 0 aliphatic rings. The van der Waals surface area contributed by atoms with Crippen LogP contribution in [0.3, 0.4) is 0 Å². The van der Waals surface area contributed by atoms with Crippen LogP contribution in [0.2, 0.25) is 0 Å². The van der Waals surface area contributed by atoms with Crippen molar-refractivity contribution in [2.45, 2.75) is 0 Å². The van der Waals surface area contributed by atoms with E-state index in [0.717, 1.165) is 55.7 Å². The van der Waals surface area contributed by atoms with Crippen LogP contribution < -0.4 is 0 Å². The molecule has 12 aromatic rings. The number of hydrogen-bond acceptors (Lipinski definition) is 2. The number of para-hydroxylation sites is 1. The predicted octanol–water partition coefficient (Wildman–Crippen LogP) is 14.2. The summed E-state index contributed by atoms with van der Waals surface area (Å²) in [6.07, 6.45) is 0. The van der Waals surface area contributed by atoms with E-state index in [1.165, 1.54) is 59.6 Å². The Morgan fingerprint density at radius 3 is 1.37 bits per heavy atom. The van der Waals surface area contributed by atoms with Crippen LogP contribution in [0.25, 0.3) is 115 Å². The highest BCUT2D eigenvalue weighted by molar-refractivity contribution is 6.26. The minimum absolute atomic E-state index is 0.668. The van der Waals surface area contributed by atoms with Crippen molar-refractivity contribution in [2.75, 3.05) is 0 Å². The van der Waals surface area contributed by atoms with Crippen LogP contribution in [0.5, 0.6) is 0 Å². The van der Waals surface area contributed by atoms with Gasteiger partial charge >= 0.3 is 0 Å². The summed E-state index contributed by atoms with van der Waals surface area (Å²) >= 11 is 0. The highest BCUT2D eigenvalue weighted by atomic mass is 15.0. The Kier molecular flexibility index (Phi) is 6.70. The van der Waals surface area contributed by atoms with Crippen molar-refractivity contribution < 1.29 is 0 Å². The van der Waals surface area contributed by atoms with Gasteiger partial charge in [0, 0.05) is 27.6 Å². The van der Waals surface area contributed by atoms with Crippen molar-refractivity contribution in [3.63, 3.8) is 0 Å². The van der Waals surface area contributed by atoms with Crippen molar-refractivity contribution >= 4 is 64.9 Å². The Morgan fingerprint density at radius 1 is 0.351 bits per heavy atom. The monoisotopic (exact) mass is 721 g/mol. The number of pyridine rings is 1. The first-order chi connectivity index (χ1) is 28.2. The Balaban J connectivity index is 0.934. The lowest BCUT2D eigenvalue weighted by Gasteiger charge is -2.15. The van der Waals surface area contributed by atoms with Crippen molar-refractivity contribution in [1.82, 2.24) is 9.55 Å². The van der Waals surface area contributed by atoms with E-state index in [9.17, 15) is 5.26 Å². The Hall–Kier alpha value is -7.80. The second-order valence-corrected chi connectivity index (χ2v) is 15.1. The molecular weight excluding hydrogens is 691 g/mol. The molecule has 3 heteroatoms. The number of hydrogen-bond donors (Lipinski definition) is 0. The third kappa shape index (κ3) is 4.88. The van der Waals surface area contributed by atoms with Gasteiger partial charge in [0.25, 0.3) is 0 Å². The van der Waals surface area contributed by atoms with Gasteiger partial charge in [-0.3, -0.25) is 0 Å². The van der Waals surface area contributed by atoms with Gasteiger partial charge in [-0.15, -0.1) is 0 Å². The lowest BCUT2D eigenvalue weighted by atomic mass is 9.89. The lowest BCUT2D eigenvalue weighted by Crippen LogP contribution is -1.94. The van der Waals surface area contributed by atoms with Gasteiger partial charge in [-0.05, 0) is 138 Å². The summed E-state index contributed by atoms with van der Waals surface area (Å²) in [6.45, 7) is 0. The third-order valence-electron chi connectivity index (χ3n) is 11.8. The average Bonchev–Trinajstić information content (AvgIpc) is 3.62. The molecule has 262 valence electrons. The van der Waals surface area contributed by atoms with Gasteiger partial charge in [0.2, 0.25) is 0 Å². The van der Waals surface area contributed by atoms with Gasteiger partial charge < -0.3 is 4.57 Å². The van der Waals surface area contributed by atoms with Crippen LogP contribution in [-0.4, -0.2) is 9.55 Å². The zero-order valence-electron chi connectivity index (χ0n) is 30.7. The zero-order valence-corrected chi connectivity index (χ0v) is 30.7. The molecule has 0 fully saturated rings. The van der Waals surface area contributed by atoms with Crippen LogP contribution >= 0.6 is 0 Å². The lowest BCUT2D eigenvalue weighted by molar-refractivity contribution is 1.18. The SMILES string of the molecule is N#Cc1cc2ccc3cc(-c4ccc(-c5cc6ccc7cc(-c8cccc(-c9ccccc9)n8)cc8ccc(c5)c6c78)cc4)cc4c3c2c(c1)n4-c1ccccc1. The normalized spacial score (nSPS) is 11.8. The van der Waals surface area contributed by atoms with E-state index in [2.05, 4.69) is 174 Å². The molecule has 0 amide bonds. The molecule has 0 aliphatic heterocycles. The second-order valence-electron chi connectivity index (χ2n) is 15.1. The largest absolute Gasteiger partial charge is 0.309 e. The standard InChI is InChI=1S/C54H31N3/c55-32-33-24-37-18-23-42-28-44(31-50-54(42)53(37)49(25-33)57(50)46-10-5-2-6-11-46)35-16-14-34(15-17-35)43-26-38-19-21-40-29-45(30-41-22-20-39(27-43)51(38)52(40)41)48-13-7-12-47(56-48)36-8-3-1-4-9-36/h1-31H. The molecule has 0 radical (unpaired) electrons. The van der Waals surface area contributed by atoms with Gasteiger partial charge in [0.1, 0.15) is 0 Å². The summed E-state index contributed by atoms with van der Waals surface area (Å²) in [5.41, 5.74) is 12.9. The maximum Gasteiger partial charge on any atom is 0.0992 e. The molecule has 0 aliphatic carbocycles. The topological polar surface area (TPSA) is 41.6 Å². The zero-order chi connectivity index (χ0) is 37.6. The summed E-state index contributed by atoms with van der Waals surface area (Å²) in [5.74, 6) is 0. The van der Waals surface area contributed by atoms with Crippen molar-refractivity contribution in [3.8, 4) is 56.5 Å². The minimum Gasteiger partial charge on any atom is -0.309 e. The highest BCUT2D eigenvalue weighted by Gasteiger charge is 2.19. The fourth-order valence-corrected chi connectivity index (χ4v) is 9.23. The molecule has 0 atom stereocenters. The fourth-order valence-electron chi connectivity index (χ4n) is 9.23. The van der Waals surface area contributed by atoms with E-state index in [-0.39, 0.29) is 0 Å². The number of nitriles is 1. The van der Waals surface area contributed by atoms with Crippen LogP contribution in [-0.2, 0) is 0 Å². The first-order valence-electron chi connectivity index (χ1n) is 19.3. The molecule has 0 saturated heterocycles. The van der Waals surface area contributed by atoms with Crippen LogP contribution in [0, 0.1) is 11.3 Å². The van der Waals surface area contributed by atoms with Gasteiger partial charge in [0.05, 0.1) is 34.1 Å². The summed E-state index contributed by atoms with van der Waals surface area (Å²) in [7, 11) is 0. The van der Waals surface area contributed by atoms with Crippen LogP contribution in [0.1, 0.15) is 5.56 Å². The van der Waals surface area contributed by atoms with E-state index in [4.69, 9.17) is 4.98 Å². The molecule has 10 aromatic carbocycles. The van der Waals surface area contributed by atoms with Crippen LogP contribution in [0.4, 0.5) is 0 Å². The molecular formula is C54H31N3. The summed E-state index contributed by atoms with van der Waals surface area (Å²) in [4.78, 5) is 5.06. The van der Waals surface area contributed by atoms with Crippen molar-refractivity contribution in [2.24, 2.45) is 0 Å². The van der Waals surface area contributed by atoms with Crippen molar-refractivity contribution in [1.29, 1.82) is 5.26 Å². The summed E-state index contributed by atoms with van der Waals surface area (Å²) in [5, 5.41) is 22.1. The molecule has 0 N–H and O–H groups in total. The number of nitrogens with zero attached hydrogens (tertiary/aromatic N) is 3. The molecule has 3 nitrogen and oxygen atoms in total. The maximum atomic E-state index is 9.88. The highest BCUT2D eigenvalue weighted by Crippen LogP contribution is 2.43. The Labute approximate surface area is 328 Å². The molecule has 2 aromatic heterocycles. The average molecular weight is 722 g/mol. The smallest absolute Gasteiger partial charge is 0.0992 e. The molecule has 0 spiro atoms. The number of benzene rings is 10. The van der Waals surface area contributed by atoms with E-state index < -0.39 is 0 Å². The fraction of sp³-hybridized carbons (Fsp3) is 0. The quantitative estimate of drug-likeness (QED) is 0.166. The molecule has 0 saturated carbocycles. The molecule has 57 heavy (non-hydrogen) atoms. The van der Waals surface area contributed by atoms with Gasteiger partial charge in [-0.1, -0.05) is 115 Å². The van der Waals surface area contributed by atoms with E-state index in [1.54, 1.807) is 0 Å². The maximum absolute atomic E-state index is 9.88. The summed E-state index contributed by atoms with van der Waals surface area (Å²) < 4.78 is 2.31.